The molecule has 3 rings (SSSR count). The third-order valence-corrected chi connectivity index (χ3v) is 3.68. The molecule has 0 radical (unpaired) electrons. The monoisotopic (exact) mass is 263 g/mol. The van der Waals surface area contributed by atoms with Gasteiger partial charge in [0.1, 0.15) is 0 Å². The first-order valence-corrected chi connectivity index (χ1v) is 6.89. The van der Waals surface area contributed by atoms with Crippen LogP contribution in [0.15, 0.2) is 48.5 Å². The van der Waals surface area contributed by atoms with Gasteiger partial charge in [0, 0.05) is 24.8 Å². The number of benzene rings is 2. The fraction of sp³-hybridized carbons (Fsp3) is 0.235. The number of nitrogens with zero attached hydrogens (tertiary/aromatic N) is 1. The second-order valence-corrected chi connectivity index (χ2v) is 5.13. The lowest BCUT2D eigenvalue weighted by molar-refractivity contribution is 0.537. The second-order valence-electron chi connectivity index (χ2n) is 5.13. The largest absolute Gasteiger partial charge is 0.383 e. The van der Waals surface area contributed by atoms with Crippen LogP contribution in [0.25, 0.3) is 0 Å². The number of hydrogen-bond acceptors (Lipinski definition) is 3. The van der Waals surface area contributed by atoms with E-state index in [0.29, 0.717) is 11.6 Å². The maximum Gasteiger partial charge on any atom is 0.0991 e. The highest BCUT2D eigenvalue weighted by molar-refractivity contribution is 5.55. The van der Waals surface area contributed by atoms with Crippen LogP contribution in [0.4, 0.5) is 5.69 Å². The maximum atomic E-state index is 8.97. The van der Waals surface area contributed by atoms with Crippen LogP contribution in [0.1, 0.15) is 16.7 Å². The van der Waals surface area contributed by atoms with Crippen LogP contribution in [-0.2, 0) is 13.0 Å². The topological polar surface area (TPSA) is 47.9 Å². The van der Waals surface area contributed by atoms with Crippen LogP contribution in [0, 0.1) is 11.3 Å². The first-order valence-electron chi connectivity index (χ1n) is 6.89. The summed E-state index contributed by atoms with van der Waals surface area (Å²) in [6, 6.07) is 18.9. The van der Waals surface area contributed by atoms with E-state index >= 15 is 0 Å². The van der Waals surface area contributed by atoms with Gasteiger partial charge in [-0.25, -0.2) is 0 Å². The van der Waals surface area contributed by atoms with Crippen LogP contribution >= 0.6 is 0 Å². The van der Waals surface area contributed by atoms with E-state index in [4.69, 9.17) is 5.26 Å². The number of nitrogens with one attached hydrogen (secondary N) is 2. The van der Waals surface area contributed by atoms with Gasteiger partial charge in [-0.05, 0) is 35.7 Å². The number of nitriles is 1. The van der Waals surface area contributed by atoms with E-state index in [0.717, 1.165) is 25.2 Å². The van der Waals surface area contributed by atoms with Gasteiger partial charge in [0.25, 0.3) is 0 Å². The molecule has 0 amide bonds. The summed E-state index contributed by atoms with van der Waals surface area (Å²) < 4.78 is 0. The summed E-state index contributed by atoms with van der Waals surface area (Å²) in [6.45, 7) is 1.70. The lowest BCUT2D eigenvalue weighted by atomic mass is 10.1. The molecule has 1 atom stereocenters. The SMILES string of the molecule is N#Cc1ccc2c(c1)CN[C@H](Cc1ccccc1)CN2. The van der Waals surface area contributed by atoms with Crippen LogP contribution in [0.2, 0.25) is 0 Å². The smallest absolute Gasteiger partial charge is 0.0991 e. The fourth-order valence-electron chi connectivity index (χ4n) is 2.58. The second kappa shape index (κ2) is 5.77. The Morgan fingerprint density at radius 2 is 2.00 bits per heavy atom. The molecular weight excluding hydrogens is 246 g/mol. The molecule has 2 N–H and O–H groups in total. The summed E-state index contributed by atoms with van der Waals surface area (Å²) >= 11 is 0. The zero-order chi connectivity index (χ0) is 13.8. The molecule has 1 aliphatic rings. The van der Waals surface area contributed by atoms with Crippen molar-refractivity contribution >= 4 is 5.69 Å². The van der Waals surface area contributed by atoms with Crippen LogP contribution in [0.3, 0.4) is 0 Å². The Bertz CT molecular complexity index is 628. The van der Waals surface area contributed by atoms with Crippen LogP contribution < -0.4 is 10.6 Å². The van der Waals surface area contributed by atoms with E-state index in [1.54, 1.807) is 0 Å². The molecule has 0 unspecified atom stereocenters. The summed E-state index contributed by atoms with van der Waals surface area (Å²) in [5, 5.41) is 16.0. The minimum absolute atomic E-state index is 0.398. The van der Waals surface area contributed by atoms with Crippen molar-refractivity contribution in [3.63, 3.8) is 0 Å². The molecule has 0 spiro atoms. The highest BCUT2D eigenvalue weighted by atomic mass is 15.0. The van der Waals surface area contributed by atoms with Gasteiger partial charge in [-0.15, -0.1) is 0 Å². The predicted molar refractivity (Wildman–Crippen MR) is 80.4 cm³/mol. The van der Waals surface area contributed by atoms with Gasteiger partial charge in [0.2, 0.25) is 0 Å². The molecule has 0 saturated carbocycles. The predicted octanol–water partition coefficient (Wildman–Crippen LogP) is 2.68. The summed E-state index contributed by atoms with van der Waals surface area (Å²) in [5.41, 5.74) is 4.36. The zero-order valence-corrected chi connectivity index (χ0v) is 11.3. The third kappa shape index (κ3) is 2.81. The molecule has 20 heavy (non-hydrogen) atoms. The van der Waals surface area contributed by atoms with Crippen molar-refractivity contribution in [2.45, 2.75) is 19.0 Å². The minimum Gasteiger partial charge on any atom is -0.383 e. The number of anilines is 1. The molecule has 3 heteroatoms. The van der Waals surface area contributed by atoms with Crippen molar-refractivity contribution in [3.8, 4) is 6.07 Å². The van der Waals surface area contributed by atoms with E-state index in [-0.39, 0.29) is 0 Å². The minimum atomic E-state index is 0.398. The molecule has 1 heterocycles. The average Bonchev–Trinajstić information content (AvgIpc) is 2.70. The van der Waals surface area contributed by atoms with Crippen molar-refractivity contribution in [3.05, 3.63) is 65.2 Å². The Morgan fingerprint density at radius 1 is 1.15 bits per heavy atom. The van der Waals surface area contributed by atoms with Crippen molar-refractivity contribution in [1.82, 2.24) is 5.32 Å². The number of hydrogen-bond donors (Lipinski definition) is 2. The van der Waals surface area contributed by atoms with Gasteiger partial charge in [0.05, 0.1) is 11.6 Å². The summed E-state index contributed by atoms with van der Waals surface area (Å²) in [4.78, 5) is 0. The Balaban J connectivity index is 1.71. The Kier molecular flexibility index (Phi) is 3.67. The Hall–Kier alpha value is -2.31. The highest BCUT2D eigenvalue weighted by Gasteiger charge is 2.15. The molecule has 100 valence electrons. The van der Waals surface area contributed by atoms with Gasteiger partial charge >= 0.3 is 0 Å². The molecule has 0 aliphatic carbocycles. The molecule has 0 fully saturated rings. The zero-order valence-electron chi connectivity index (χ0n) is 11.3. The molecular formula is C17H17N3. The first-order chi connectivity index (χ1) is 9.85. The maximum absolute atomic E-state index is 8.97. The molecule has 0 aromatic heterocycles. The van der Waals surface area contributed by atoms with Crippen molar-refractivity contribution in [2.75, 3.05) is 11.9 Å². The summed E-state index contributed by atoms with van der Waals surface area (Å²) in [7, 11) is 0. The van der Waals surface area contributed by atoms with E-state index in [9.17, 15) is 0 Å². The molecule has 2 aromatic carbocycles. The lowest BCUT2D eigenvalue weighted by Gasteiger charge is -2.15. The van der Waals surface area contributed by atoms with Gasteiger partial charge in [-0.3, -0.25) is 0 Å². The quantitative estimate of drug-likeness (QED) is 0.875. The standard InChI is InChI=1S/C17H17N3/c18-10-14-6-7-17-15(8-14)11-19-16(12-20-17)9-13-4-2-1-3-5-13/h1-8,16,19-20H,9,11-12H2/t16-/m1/s1. The highest BCUT2D eigenvalue weighted by Crippen LogP contribution is 2.20. The van der Waals surface area contributed by atoms with Crippen molar-refractivity contribution < 1.29 is 0 Å². The third-order valence-electron chi connectivity index (χ3n) is 3.68. The Labute approximate surface area is 119 Å². The van der Waals surface area contributed by atoms with E-state index in [1.165, 1.54) is 11.1 Å². The van der Waals surface area contributed by atoms with Gasteiger partial charge in [0.15, 0.2) is 0 Å². The molecule has 0 bridgehead atoms. The van der Waals surface area contributed by atoms with Crippen molar-refractivity contribution in [1.29, 1.82) is 5.26 Å². The number of rotatable bonds is 2. The van der Waals surface area contributed by atoms with Crippen LogP contribution in [-0.4, -0.2) is 12.6 Å². The summed E-state index contributed by atoms with van der Waals surface area (Å²) in [6.07, 6.45) is 1.01. The van der Waals surface area contributed by atoms with Crippen LogP contribution in [0.5, 0.6) is 0 Å². The van der Waals surface area contributed by atoms with Gasteiger partial charge in [-0.1, -0.05) is 30.3 Å². The normalized spacial score (nSPS) is 17.4. The fourth-order valence-corrected chi connectivity index (χ4v) is 2.58. The van der Waals surface area contributed by atoms with E-state index in [1.807, 2.05) is 24.3 Å². The first kappa shape index (κ1) is 12.7. The molecule has 3 nitrogen and oxygen atoms in total. The number of fused-ring (bicyclic) bond motifs is 1. The van der Waals surface area contributed by atoms with Gasteiger partial charge < -0.3 is 10.6 Å². The summed E-state index contributed by atoms with van der Waals surface area (Å²) in [5.74, 6) is 0. The van der Waals surface area contributed by atoms with E-state index in [2.05, 4.69) is 41.0 Å². The lowest BCUT2D eigenvalue weighted by Crippen LogP contribution is -2.34. The Morgan fingerprint density at radius 3 is 2.80 bits per heavy atom. The average molecular weight is 263 g/mol. The molecule has 1 aliphatic heterocycles. The van der Waals surface area contributed by atoms with E-state index < -0.39 is 0 Å². The molecule has 2 aromatic rings. The van der Waals surface area contributed by atoms with Crippen molar-refractivity contribution in [2.24, 2.45) is 0 Å². The molecule has 0 saturated heterocycles. The van der Waals surface area contributed by atoms with Gasteiger partial charge in [-0.2, -0.15) is 5.26 Å².